The Hall–Kier alpha value is -1.18. The molecule has 74 valence electrons. The van der Waals surface area contributed by atoms with Crippen LogP contribution in [0.4, 0.5) is 0 Å². The summed E-state index contributed by atoms with van der Waals surface area (Å²) in [6, 6.07) is 0. The van der Waals surface area contributed by atoms with E-state index in [2.05, 4.69) is 16.8 Å². The van der Waals surface area contributed by atoms with Crippen molar-refractivity contribution in [1.29, 1.82) is 0 Å². The number of carbonyl (C=O) groups excluding carboxylic acids is 1. The molecule has 4 heteroatoms. The summed E-state index contributed by atoms with van der Waals surface area (Å²) in [4.78, 5) is 15.6. The van der Waals surface area contributed by atoms with Gasteiger partial charge in [0.25, 0.3) is 0 Å². The van der Waals surface area contributed by atoms with Crippen LogP contribution in [0.1, 0.15) is 28.8 Å². The molecule has 0 aliphatic carbocycles. The first kappa shape index (κ1) is 10.9. The lowest BCUT2D eigenvalue weighted by Gasteiger charge is -1.89. The maximum absolute atomic E-state index is 11.4. The Bertz CT molecular complexity index is 373. The minimum Gasteiger partial charge on any atom is -0.330 e. The molecule has 0 bridgehead atoms. The van der Waals surface area contributed by atoms with E-state index in [4.69, 9.17) is 5.73 Å². The molecule has 2 N–H and O–H groups in total. The van der Waals surface area contributed by atoms with Crippen molar-refractivity contribution in [1.82, 2.24) is 4.98 Å². The van der Waals surface area contributed by atoms with E-state index in [0.29, 0.717) is 12.2 Å². The Morgan fingerprint density at radius 2 is 2.50 bits per heavy atom. The zero-order valence-electron chi connectivity index (χ0n) is 8.04. The van der Waals surface area contributed by atoms with Crippen molar-refractivity contribution < 1.29 is 4.79 Å². The van der Waals surface area contributed by atoms with Crippen LogP contribution in [0.5, 0.6) is 0 Å². The molecule has 1 aromatic rings. The lowest BCUT2D eigenvalue weighted by atomic mass is 10.2. The Morgan fingerprint density at radius 1 is 1.71 bits per heavy atom. The van der Waals surface area contributed by atoms with Gasteiger partial charge in [-0.3, -0.25) is 4.79 Å². The first-order valence-corrected chi connectivity index (χ1v) is 5.23. The van der Waals surface area contributed by atoms with Gasteiger partial charge in [-0.15, -0.1) is 17.3 Å². The molecule has 1 heterocycles. The average Bonchev–Trinajstić information content (AvgIpc) is 2.63. The highest BCUT2D eigenvalue weighted by Gasteiger charge is 2.08. The third kappa shape index (κ3) is 2.95. The number of rotatable bonds is 4. The van der Waals surface area contributed by atoms with E-state index in [1.165, 1.54) is 11.3 Å². The van der Waals surface area contributed by atoms with E-state index in [-0.39, 0.29) is 12.2 Å². The minimum atomic E-state index is -0.0149. The molecule has 0 aliphatic rings. The fourth-order valence-electron chi connectivity index (χ4n) is 0.936. The van der Waals surface area contributed by atoms with Gasteiger partial charge in [-0.05, 0) is 13.5 Å². The summed E-state index contributed by atoms with van der Waals surface area (Å²) in [6.45, 7) is 2.28. The molecule has 0 spiro atoms. The van der Waals surface area contributed by atoms with Crippen LogP contribution in [-0.4, -0.2) is 17.3 Å². The molecule has 0 atom stereocenters. The maximum Gasteiger partial charge on any atom is 0.193 e. The summed E-state index contributed by atoms with van der Waals surface area (Å²) in [7, 11) is 0. The molecule has 0 saturated heterocycles. The average molecular weight is 208 g/mol. The molecule has 3 nitrogen and oxygen atoms in total. The summed E-state index contributed by atoms with van der Waals surface area (Å²) in [6.07, 6.45) is 0.986. The van der Waals surface area contributed by atoms with E-state index in [9.17, 15) is 4.79 Å². The molecule has 1 aromatic heterocycles. The number of nitrogens with two attached hydrogens (primary N) is 1. The van der Waals surface area contributed by atoms with Gasteiger partial charge in [-0.1, -0.05) is 5.92 Å². The summed E-state index contributed by atoms with van der Waals surface area (Å²) in [5.41, 5.74) is 5.90. The summed E-state index contributed by atoms with van der Waals surface area (Å²) in [5, 5.41) is 2.69. The molecule has 0 aromatic carbocycles. The summed E-state index contributed by atoms with van der Waals surface area (Å²) < 4.78 is 0. The van der Waals surface area contributed by atoms with Crippen molar-refractivity contribution in [2.75, 3.05) is 6.54 Å². The maximum atomic E-state index is 11.4. The number of carbonyl (C=O) groups is 1. The van der Waals surface area contributed by atoms with Gasteiger partial charge >= 0.3 is 0 Å². The minimum absolute atomic E-state index is 0.0149. The first-order chi connectivity index (χ1) is 6.77. The van der Waals surface area contributed by atoms with Crippen LogP contribution in [-0.2, 0) is 6.42 Å². The van der Waals surface area contributed by atoms with Crippen LogP contribution >= 0.6 is 11.3 Å². The number of hydrogen-bond acceptors (Lipinski definition) is 4. The Labute approximate surface area is 87.3 Å². The van der Waals surface area contributed by atoms with Crippen molar-refractivity contribution in [2.45, 2.75) is 19.8 Å². The van der Waals surface area contributed by atoms with Crippen LogP contribution in [0.25, 0.3) is 0 Å². The van der Waals surface area contributed by atoms with Gasteiger partial charge in [0, 0.05) is 11.8 Å². The van der Waals surface area contributed by atoms with E-state index >= 15 is 0 Å². The van der Waals surface area contributed by atoms with Gasteiger partial charge < -0.3 is 5.73 Å². The van der Waals surface area contributed by atoms with Crippen molar-refractivity contribution >= 4 is 17.1 Å². The molecule has 0 amide bonds. The van der Waals surface area contributed by atoms with Crippen molar-refractivity contribution in [3.63, 3.8) is 0 Å². The monoisotopic (exact) mass is 208 g/mol. The Morgan fingerprint density at radius 3 is 3.14 bits per heavy atom. The fourth-order valence-corrected chi connectivity index (χ4v) is 1.76. The van der Waals surface area contributed by atoms with Crippen LogP contribution < -0.4 is 5.73 Å². The van der Waals surface area contributed by atoms with Gasteiger partial charge in [0.05, 0.1) is 11.4 Å². The van der Waals surface area contributed by atoms with Gasteiger partial charge in [-0.2, -0.15) is 0 Å². The standard InChI is InChI=1S/C10H12N2OS/c1-2-3-4-9(13)8-7-14-10(12-8)5-6-11/h7H,4-6,11H2,1H3. The number of Topliss-reactive ketones (excluding diaryl/α,β-unsaturated/α-hetero) is 1. The number of thiazole rings is 1. The van der Waals surface area contributed by atoms with E-state index in [0.717, 1.165) is 11.4 Å². The fraction of sp³-hybridized carbons (Fsp3) is 0.400. The second kappa shape index (κ2) is 5.53. The number of aromatic nitrogens is 1. The highest BCUT2D eigenvalue weighted by atomic mass is 32.1. The van der Waals surface area contributed by atoms with E-state index in [1.807, 2.05) is 0 Å². The highest BCUT2D eigenvalue weighted by molar-refractivity contribution is 7.09. The largest absolute Gasteiger partial charge is 0.330 e. The van der Waals surface area contributed by atoms with Crippen LogP contribution in [0, 0.1) is 11.8 Å². The van der Waals surface area contributed by atoms with Gasteiger partial charge in [0.2, 0.25) is 0 Å². The lowest BCUT2D eigenvalue weighted by Crippen LogP contribution is -2.03. The Kier molecular flexibility index (Phi) is 4.30. The first-order valence-electron chi connectivity index (χ1n) is 4.35. The lowest BCUT2D eigenvalue weighted by molar-refractivity contribution is 0.0994. The molecular formula is C10H12N2OS. The third-order valence-electron chi connectivity index (χ3n) is 1.62. The normalized spacial score (nSPS) is 9.29. The number of nitrogens with zero attached hydrogens (tertiary/aromatic N) is 1. The molecule has 1 rings (SSSR count). The predicted octanol–water partition coefficient (Wildman–Crippen LogP) is 1.24. The second-order valence-corrected chi connectivity index (χ2v) is 3.63. The van der Waals surface area contributed by atoms with E-state index < -0.39 is 0 Å². The quantitative estimate of drug-likeness (QED) is 0.598. The zero-order valence-corrected chi connectivity index (χ0v) is 8.86. The molecular weight excluding hydrogens is 196 g/mol. The Balaban J connectivity index is 2.64. The number of hydrogen-bond donors (Lipinski definition) is 1. The molecule has 0 fully saturated rings. The van der Waals surface area contributed by atoms with E-state index in [1.54, 1.807) is 12.3 Å². The molecule has 14 heavy (non-hydrogen) atoms. The van der Waals surface area contributed by atoms with Crippen LogP contribution in [0.15, 0.2) is 5.38 Å². The van der Waals surface area contributed by atoms with Crippen LogP contribution in [0.3, 0.4) is 0 Å². The predicted molar refractivity (Wildman–Crippen MR) is 57.3 cm³/mol. The molecule has 0 radical (unpaired) electrons. The third-order valence-corrected chi connectivity index (χ3v) is 2.53. The molecule has 0 aliphatic heterocycles. The SMILES string of the molecule is CC#CCC(=O)c1csc(CCN)n1. The summed E-state index contributed by atoms with van der Waals surface area (Å²) >= 11 is 1.48. The van der Waals surface area contributed by atoms with Crippen molar-refractivity contribution in [2.24, 2.45) is 5.73 Å². The second-order valence-electron chi connectivity index (χ2n) is 2.69. The molecule has 0 unspecified atom stereocenters. The zero-order chi connectivity index (χ0) is 10.4. The van der Waals surface area contributed by atoms with Gasteiger partial charge in [-0.25, -0.2) is 4.98 Å². The van der Waals surface area contributed by atoms with Crippen molar-refractivity contribution in [3.8, 4) is 11.8 Å². The smallest absolute Gasteiger partial charge is 0.193 e. The van der Waals surface area contributed by atoms with Gasteiger partial charge in [0.1, 0.15) is 5.69 Å². The van der Waals surface area contributed by atoms with Crippen molar-refractivity contribution in [3.05, 3.63) is 16.1 Å². The van der Waals surface area contributed by atoms with Gasteiger partial charge in [0.15, 0.2) is 5.78 Å². The highest BCUT2D eigenvalue weighted by Crippen LogP contribution is 2.11. The van der Waals surface area contributed by atoms with Crippen LogP contribution in [0.2, 0.25) is 0 Å². The summed E-state index contributed by atoms with van der Waals surface area (Å²) in [5.74, 6) is 5.40. The number of ketones is 1. The topological polar surface area (TPSA) is 56.0 Å². The molecule has 0 saturated carbocycles.